The average Bonchev–Trinajstić information content (AvgIpc) is 2.15. The number of carbonyl (C=O) groups excluding carboxylic acids is 1. The fourth-order valence-electron chi connectivity index (χ4n) is 1.71. The maximum Gasteiger partial charge on any atom is 0.256 e. The van der Waals surface area contributed by atoms with Crippen molar-refractivity contribution in [3.63, 3.8) is 0 Å². The lowest BCUT2D eigenvalue weighted by molar-refractivity contribution is 0.0362. The summed E-state index contributed by atoms with van der Waals surface area (Å²) in [6, 6.07) is 1.68. The molecule has 4 nitrogen and oxygen atoms in total. The first-order chi connectivity index (χ1) is 7.61. The van der Waals surface area contributed by atoms with Crippen molar-refractivity contribution in [2.75, 3.05) is 19.7 Å². The van der Waals surface area contributed by atoms with E-state index in [1.165, 1.54) is 6.20 Å². The smallest absolute Gasteiger partial charge is 0.256 e. The second-order valence-electron chi connectivity index (χ2n) is 4.06. The summed E-state index contributed by atoms with van der Waals surface area (Å²) in [6.07, 6.45) is 1.51. The minimum Gasteiger partial charge on any atom is -0.396 e. The Morgan fingerprint density at radius 1 is 1.69 bits per heavy atom. The molecule has 0 radical (unpaired) electrons. The highest BCUT2D eigenvalue weighted by atomic mass is 35.5. The number of likely N-dealkylation sites (tertiary alicyclic amines) is 1. The zero-order valence-electron chi connectivity index (χ0n) is 8.98. The first-order valence-electron chi connectivity index (χ1n) is 5.14. The molecular formula is C11H13ClN2O2. The molecule has 0 atom stereocenters. The lowest BCUT2D eigenvalue weighted by Crippen LogP contribution is -2.51. The van der Waals surface area contributed by atoms with Gasteiger partial charge in [0.15, 0.2) is 0 Å². The van der Waals surface area contributed by atoms with E-state index >= 15 is 0 Å². The van der Waals surface area contributed by atoms with E-state index in [-0.39, 0.29) is 18.4 Å². The van der Waals surface area contributed by atoms with Crippen LogP contribution in [0.4, 0.5) is 0 Å². The van der Waals surface area contributed by atoms with Gasteiger partial charge in [-0.2, -0.15) is 0 Å². The lowest BCUT2D eigenvalue weighted by atomic mass is 10.0. The average molecular weight is 241 g/mol. The van der Waals surface area contributed by atoms with Crippen LogP contribution in [0.5, 0.6) is 0 Å². The lowest BCUT2D eigenvalue weighted by Gasteiger charge is -2.38. The van der Waals surface area contributed by atoms with Crippen molar-refractivity contribution in [1.29, 1.82) is 0 Å². The van der Waals surface area contributed by atoms with E-state index in [2.05, 4.69) is 4.98 Å². The summed E-state index contributed by atoms with van der Waals surface area (Å²) < 4.78 is 0. The molecule has 0 aliphatic carbocycles. The molecule has 5 heteroatoms. The standard InChI is InChI=1S/C11H13ClN2O2/c1-7-2-10(12)9(3-13-7)11(16)14-4-8(5-14)6-15/h2-3,8,15H,4-6H2,1H3. The Labute approximate surface area is 98.9 Å². The second kappa shape index (κ2) is 4.39. The van der Waals surface area contributed by atoms with Crippen molar-refractivity contribution in [3.8, 4) is 0 Å². The molecule has 2 heterocycles. The first kappa shape index (κ1) is 11.4. The zero-order valence-corrected chi connectivity index (χ0v) is 9.74. The number of halogens is 1. The predicted molar refractivity (Wildman–Crippen MR) is 60.5 cm³/mol. The van der Waals surface area contributed by atoms with Crippen molar-refractivity contribution >= 4 is 17.5 Å². The van der Waals surface area contributed by atoms with E-state index in [1.807, 2.05) is 6.92 Å². The number of hydrogen-bond acceptors (Lipinski definition) is 3. The number of aliphatic hydroxyl groups excluding tert-OH is 1. The maximum absolute atomic E-state index is 11.9. The van der Waals surface area contributed by atoms with Crippen LogP contribution in [0, 0.1) is 12.8 Å². The Kier molecular flexibility index (Phi) is 3.12. The van der Waals surface area contributed by atoms with Crippen LogP contribution in [-0.4, -0.2) is 40.6 Å². The van der Waals surface area contributed by atoms with Crippen LogP contribution in [0.15, 0.2) is 12.3 Å². The molecule has 0 unspecified atom stereocenters. The third-order valence-corrected chi connectivity index (χ3v) is 3.04. The fourth-order valence-corrected chi connectivity index (χ4v) is 1.99. The largest absolute Gasteiger partial charge is 0.396 e. The molecule has 1 aliphatic rings. The molecule has 0 aromatic carbocycles. The highest BCUT2D eigenvalue weighted by Gasteiger charge is 2.31. The van der Waals surface area contributed by atoms with Gasteiger partial charge in [0.25, 0.3) is 5.91 Å². The summed E-state index contributed by atoms with van der Waals surface area (Å²) in [5.74, 6) is 0.100. The van der Waals surface area contributed by atoms with Gasteiger partial charge >= 0.3 is 0 Å². The highest BCUT2D eigenvalue weighted by molar-refractivity contribution is 6.33. The monoisotopic (exact) mass is 240 g/mol. The Bertz CT molecular complexity index is 416. The molecule has 1 aliphatic heterocycles. The quantitative estimate of drug-likeness (QED) is 0.843. The van der Waals surface area contributed by atoms with Crippen molar-refractivity contribution < 1.29 is 9.90 Å². The number of hydrogen-bond donors (Lipinski definition) is 1. The van der Waals surface area contributed by atoms with E-state index in [1.54, 1.807) is 11.0 Å². The van der Waals surface area contributed by atoms with E-state index < -0.39 is 0 Å². The second-order valence-corrected chi connectivity index (χ2v) is 4.47. The summed E-state index contributed by atoms with van der Waals surface area (Å²) in [5, 5.41) is 9.31. The minimum absolute atomic E-state index is 0.109. The van der Waals surface area contributed by atoms with Gasteiger partial charge in [0.05, 0.1) is 10.6 Å². The van der Waals surface area contributed by atoms with Gasteiger partial charge in [-0.1, -0.05) is 11.6 Å². The van der Waals surface area contributed by atoms with E-state index in [4.69, 9.17) is 16.7 Å². The Balaban J connectivity index is 2.10. The third-order valence-electron chi connectivity index (χ3n) is 2.72. The number of aliphatic hydroxyl groups is 1. The molecule has 1 saturated heterocycles. The molecule has 16 heavy (non-hydrogen) atoms. The number of aromatic nitrogens is 1. The van der Waals surface area contributed by atoms with Crippen LogP contribution < -0.4 is 0 Å². The van der Waals surface area contributed by atoms with Gasteiger partial charge in [-0.25, -0.2) is 0 Å². The van der Waals surface area contributed by atoms with E-state index in [0.29, 0.717) is 23.7 Å². The Morgan fingerprint density at radius 2 is 2.38 bits per heavy atom. The van der Waals surface area contributed by atoms with E-state index in [0.717, 1.165) is 5.69 Å². The molecule has 0 spiro atoms. The number of amides is 1. The molecule has 1 N–H and O–H groups in total. The van der Waals surface area contributed by atoms with Crippen molar-refractivity contribution in [2.24, 2.45) is 5.92 Å². The van der Waals surface area contributed by atoms with Gasteiger partial charge in [-0.05, 0) is 13.0 Å². The molecule has 1 aromatic rings. The number of nitrogens with zero attached hydrogens (tertiary/aromatic N) is 2. The molecular weight excluding hydrogens is 228 g/mol. The van der Waals surface area contributed by atoms with Crippen LogP contribution in [0.2, 0.25) is 5.02 Å². The number of pyridine rings is 1. The van der Waals surface area contributed by atoms with Gasteiger partial charge in [0.1, 0.15) is 0 Å². The van der Waals surface area contributed by atoms with Crippen LogP contribution >= 0.6 is 11.6 Å². The summed E-state index contributed by atoms with van der Waals surface area (Å²) in [4.78, 5) is 17.7. The van der Waals surface area contributed by atoms with Crippen molar-refractivity contribution in [1.82, 2.24) is 9.88 Å². The SMILES string of the molecule is Cc1cc(Cl)c(C(=O)N2CC(CO)C2)cn1. The maximum atomic E-state index is 11.9. The molecule has 2 rings (SSSR count). The third kappa shape index (κ3) is 2.03. The minimum atomic E-state index is -0.109. The molecule has 0 saturated carbocycles. The Hall–Kier alpha value is -1.13. The van der Waals surface area contributed by atoms with Crippen LogP contribution in [0.25, 0.3) is 0 Å². The number of carbonyl (C=O) groups is 1. The summed E-state index contributed by atoms with van der Waals surface area (Å²) in [6.45, 7) is 3.15. The van der Waals surface area contributed by atoms with Gasteiger partial charge in [-0.15, -0.1) is 0 Å². The Morgan fingerprint density at radius 3 is 2.94 bits per heavy atom. The summed E-state index contributed by atoms with van der Waals surface area (Å²) >= 11 is 5.98. The van der Waals surface area contributed by atoms with Crippen LogP contribution in [0.3, 0.4) is 0 Å². The van der Waals surface area contributed by atoms with Crippen LogP contribution in [0.1, 0.15) is 16.1 Å². The van der Waals surface area contributed by atoms with Gasteiger partial charge in [0.2, 0.25) is 0 Å². The van der Waals surface area contributed by atoms with Crippen molar-refractivity contribution in [3.05, 3.63) is 28.5 Å². The van der Waals surface area contributed by atoms with Gasteiger partial charge < -0.3 is 10.0 Å². The predicted octanol–water partition coefficient (Wildman–Crippen LogP) is 1.11. The van der Waals surface area contributed by atoms with E-state index in [9.17, 15) is 4.79 Å². The first-order valence-corrected chi connectivity index (χ1v) is 5.52. The van der Waals surface area contributed by atoms with Gasteiger partial charge in [0, 0.05) is 37.5 Å². The number of aryl methyl sites for hydroxylation is 1. The molecule has 86 valence electrons. The number of rotatable bonds is 2. The van der Waals surface area contributed by atoms with Crippen molar-refractivity contribution in [2.45, 2.75) is 6.92 Å². The zero-order chi connectivity index (χ0) is 11.7. The normalized spacial score (nSPS) is 16.1. The fraction of sp³-hybridized carbons (Fsp3) is 0.455. The van der Waals surface area contributed by atoms with Crippen LogP contribution in [-0.2, 0) is 0 Å². The van der Waals surface area contributed by atoms with Gasteiger partial charge in [-0.3, -0.25) is 9.78 Å². The summed E-state index contributed by atoms with van der Waals surface area (Å²) in [5.41, 5.74) is 1.22. The molecule has 0 bridgehead atoms. The topological polar surface area (TPSA) is 53.4 Å². The molecule has 1 fully saturated rings. The molecule has 1 amide bonds. The molecule has 1 aromatic heterocycles. The highest BCUT2D eigenvalue weighted by Crippen LogP contribution is 2.22. The summed E-state index contributed by atoms with van der Waals surface area (Å²) in [7, 11) is 0.